The molecule has 0 aliphatic carbocycles. The van der Waals surface area contributed by atoms with Crippen molar-refractivity contribution in [3.05, 3.63) is 47.5 Å². The molecule has 29 heavy (non-hydrogen) atoms. The van der Waals surface area contributed by atoms with E-state index in [0.29, 0.717) is 17.1 Å². The number of ether oxygens (including phenoxy) is 3. The third-order valence-electron chi connectivity index (χ3n) is 4.01. The number of fused-ring (bicyclic) bond motifs is 1. The number of sulfonamides is 1. The molecule has 11 heteroatoms. The first-order valence-corrected chi connectivity index (χ1v) is 9.88. The van der Waals surface area contributed by atoms with Crippen LogP contribution in [-0.2, 0) is 16.6 Å². The molecule has 0 amide bonds. The number of halogens is 3. The van der Waals surface area contributed by atoms with Crippen molar-refractivity contribution in [2.45, 2.75) is 31.1 Å². The first-order valence-electron chi connectivity index (χ1n) is 8.40. The highest BCUT2D eigenvalue weighted by Gasteiger charge is 2.33. The van der Waals surface area contributed by atoms with Gasteiger partial charge in [-0.3, -0.25) is 4.79 Å². The molecule has 0 radical (unpaired) electrons. The van der Waals surface area contributed by atoms with Crippen LogP contribution in [0.2, 0.25) is 0 Å². The van der Waals surface area contributed by atoms with E-state index < -0.39 is 33.5 Å². The fraction of sp³-hybridized carbons (Fsp3) is 0.278. The molecule has 0 saturated carbocycles. The molecule has 2 aromatic carbocycles. The molecular weight excluding hydrogens is 415 g/mol. The van der Waals surface area contributed by atoms with Crippen LogP contribution in [0, 0.1) is 0 Å². The molecule has 156 valence electrons. The van der Waals surface area contributed by atoms with E-state index in [1.54, 1.807) is 18.2 Å². The van der Waals surface area contributed by atoms with Crippen molar-refractivity contribution in [2.75, 3.05) is 6.79 Å². The zero-order valence-corrected chi connectivity index (χ0v) is 15.9. The maximum absolute atomic E-state index is 12.6. The molecule has 7 nitrogen and oxygen atoms in total. The third-order valence-corrected chi connectivity index (χ3v) is 5.41. The van der Waals surface area contributed by atoms with Crippen molar-refractivity contribution in [3.8, 4) is 17.2 Å². The molecule has 0 bridgehead atoms. The highest BCUT2D eigenvalue weighted by molar-refractivity contribution is 7.89. The van der Waals surface area contributed by atoms with Crippen molar-refractivity contribution in [3.63, 3.8) is 0 Å². The molecule has 0 saturated heterocycles. The molecule has 0 unspecified atom stereocenters. The zero-order valence-electron chi connectivity index (χ0n) is 15.1. The summed E-state index contributed by atoms with van der Waals surface area (Å²) in [4.78, 5) is 11.6. The Balaban J connectivity index is 1.83. The predicted octanol–water partition coefficient (Wildman–Crippen LogP) is 3.39. The van der Waals surface area contributed by atoms with Gasteiger partial charge in [0.25, 0.3) is 0 Å². The largest absolute Gasteiger partial charge is 0.573 e. The van der Waals surface area contributed by atoms with Crippen LogP contribution in [0.3, 0.4) is 0 Å². The third kappa shape index (κ3) is 4.98. The number of carbonyl (C=O) groups excluding carboxylic acids is 1. The number of carbonyl (C=O) groups is 1. The van der Waals surface area contributed by atoms with E-state index in [-0.39, 0.29) is 24.7 Å². The van der Waals surface area contributed by atoms with Gasteiger partial charge >= 0.3 is 6.36 Å². The minimum atomic E-state index is -5.01. The number of alkyl halides is 3. The zero-order chi connectivity index (χ0) is 21.2. The van der Waals surface area contributed by atoms with E-state index in [9.17, 15) is 26.4 Å². The lowest BCUT2D eigenvalue weighted by atomic mass is 10.1. The van der Waals surface area contributed by atoms with Gasteiger partial charge in [0.15, 0.2) is 17.3 Å². The minimum absolute atomic E-state index is 0.0745. The molecule has 1 N–H and O–H groups in total. The number of hydrogen-bond acceptors (Lipinski definition) is 6. The quantitative estimate of drug-likeness (QED) is 0.676. The average Bonchev–Trinajstić information content (AvgIpc) is 3.12. The number of ketones is 1. The summed E-state index contributed by atoms with van der Waals surface area (Å²) in [7, 11) is -4.11. The van der Waals surface area contributed by atoms with Gasteiger partial charge in [-0.2, -0.15) is 0 Å². The van der Waals surface area contributed by atoms with Gasteiger partial charge in [0.1, 0.15) is 5.75 Å². The number of rotatable bonds is 7. The van der Waals surface area contributed by atoms with Gasteiger partial charge < -0.3 is 14.2 Å². The molecule has 0 spiro atoms. The van der Waals surface area contributed by atoms with Crippen LogP contribution in [0.5, 0.6) is 17.2 Å². The van der Waals surface area contributed by atoms with Crippen LogP contribution >= 0.6 is 0 Å². The number of benzene rings is 2. The Labute approximate surface area is 164 Å². The molecular formula is C18H16F3NO6S. The SMILES string of the molecule is CCC(=O)c1cc(S(=O)(=O)NCc2ccc3c(c2)OCO3)ccc1OC(F)(F)F. The first-order chi connectivity index (χ1) is 13.6. The van der Waals surface area contributed by atoms with E-state index >= 15 is 0 Å². The van der Waals surface area contributed by atoms with Crippen LogP contribution in [0.25, 0.3) is 0 Å². The Morgan fingerprint density at radius 1 is 1.14 bits per heavy atom. The monoisotopic (exact) mass is 431 g/mol. The second kappa shape index (κ2) is 7.91. The molecule has 1 heterocycles. The van der Waals surface area contributed by atoms with Crippen LogP contribution in [0.4, 0.5) is 13.2 Å². The van der Waals surface area contributed by atoms with Gasteiger partial charge in [0.2, 0.25) is 16.8 Å². The topological polar surface area (TPSA) is 90.9 Å². The van der Waals surface area contributed by atoms with Gasteiger partial charge in [0.05, 0.1) is 10.5 Å². The lowest BCUT2D eigenvalue weighted by Gasteiger charge is -2.14. The summed E-state index contributed by atoms with van der Waals surface area (Å²) < 4.78 is 79.3. The minimum Gasteiger partial charge on any atom is -0.454 e. The summed E-state index contributed by atoms with van der Waals surface area (Å²) in [5, 5.41) is 0. The van der Waals surface area contributed by atoms with E-state index in [0.717, 1.165) is 18.2 Å². The van der Waals surface area contributed by atoms with E-state index in [2.05, 4.69) is 9.46 Å². The molecule has 0 atom stereocenters. The average molecular weight is 431 g/mol. The molecule has 1 aliphatic heterocycles. The first kappa shape index (κ1) is 20.9. The van der Waals surface area contributed by atoms with Crippen LogP contribution in [0.1, 0.15) is 29.3 Å². The van der Waals surface area contributed by atoms with Crippen molar-refractivity contribution >= 4 is 15.8 Å². The summed E-state index contributed by atoms with van der Waals surface area (Å²) in [6.07, 6.45) is -5.14. The number of Topliss-reactive ketones (excluding diaryl/α,β-unsaturated/α-hetero) is 1. The second-order valence-corrected chi connectivity index (χ2v) is 7.76. The summed E-state index contributed by atoms with van der Waals surface area (Å²) in [6, 6.07) is 7.50. The van der Waals surface area contributed by atoms with E-state index in [1.165, 1.54) is 6.92 Å². The molecule has 1 aliphatic rings. The fourth-order valence-corrected chi connectivity index (χ4v) is 3.65. The van der Waals surface area contributed by atoms with Crippen molar-refractivity contribution in [1.82, 2.24) is 4.72 Å². The molecule has 3 rings (SSSR count). The van der Waals surface area contributed by atoms with Gasteiger partial charge in [-0.1, -0.05) is 13.0 Å². The van der Waals surface area contributed by atoms with E-state index in [4.69, 9.17) is 9.47 Å². The van der Waals surface area contributed by atoms with Crippen molar-refractivity contribution < 1.29 is 40.6 Å². The lowest BCUT2D eigenvalue weighted by Crippen LogP contribution is -2.24. The standard InChI is InChI=1S/C18H16F3NO6S/c1-2-14(23)13-8-12(4-6-15(13)28-18(19,20)21)29(24,25)22-9-11-3-5-16-17(7-11)27-10-26-16/h3-8,22H,2,9-10H2,1H3. The van der Waals surface area contributed by atoms with Crippen molar-refractivity contribution in [2.24, 2.45) is 0 Å². The lowest BCUT2D eigenvalue weighted by molar-refractivity contribution is -0.274. The molecule has 0 fully saturated rings. The van der Waals surface area contributed by atoms with Crippen LogP contribution in [0.15, 0.2) is 41.3 Å². The predicted molar refractivity (Wildman–Crippen MR) is 94.3 cm³/mol. The van der Waals surface area contributed by atoms with E-state index in [1.807, 2.05) is 0 Å². The Morgan fingerprint density at radius 3 is 2.55 bits per heavy atom. The second-order valence-electron chi connectivity index (χ2n) is 5.99. The Kier molecular flexibility index (Phi) is 5.71. The highest BCUT2D eigenvalue weighted by atomic mass is 32.2. The van der Waals surface area contributed by atoms with Gasteiger partial charge in [-0.15, -0.1) is 13.2 Å². The summed E-state index contributed by atoms with van der Waals surface area (Å²) in [5.41, 5.74) is 0.121. The smallest absolute Gasteiger partial charge is 0.454 e. The molecule has 2 aromatic rings. The van der Waals surface area contributed by atoms with Gasteiger partial charge in [0, 0.05) is 13.0 Å². The normalized spacial score (nSPS) is 13.4. The number of hydrogen-bond donors (Lipinski definition) is 1. The molecule has 0 aromatic heterocycles. The Hall–Kier alpha value is -2.79. The van der Waals surface area contributed by atoms with Gasteiger partial charge in [-0.05, 0) is 35.9 Å². The maximum Gasteiger partial charge on any atom is 0.573 e. The van der Waals surface area contributed by atoms with Crippen molar-refractivity contribution in [1.29, 1.82) is 0 Å². The summed E-state index contributed by atoms with van der Waals surface area (Å²) >= 11 is 0. The summed E-state index contributed by atoms with van der Waals surface area (Å²) in [6.45, 7) is 1.42. The van der Waals surface area contributed by atoms with Crippen LogP contribution in [-0.4, -0.2) is 27.4 Å². The Morgan fingerprint density at radius 2 is 1.86 bits per heavy atom. The number of nitrogens with one attached hydrogen (secondary N) is 1. The fourth-order valence-electron chi connectivity index (χ4n) is 2.61. The maximum atomic E-state index is 12.6. The van der Waals surface area contributed by atoms with Crippen LogP contribution < -0.4 is 18.9 Å². The Bertz CT molecular complexity index is 1040. The van der Waals surface area contributed by atoms with Gasteiger partial charge in [-0.25, -0.2) is 13.1 Å². The summed E-state index contributed by atoms with van der Waals surface area (Å²) in [5.74, 6) is -0.415. The highest BCUT2D eigenvalue weighted by Crippen LogP contribution is 2.33.